The van der Waals surface area contributed by atoms with E-state index in [0.717, 1.165) is 5.56 Å². The molecule has 0 saturated carbocycles. The minimum Gasteiger partial charge on any atom is -0.392 e. The average Bonchev–Trinajstić information content (AvgIpc) is 2.93. The quantitative estimate of drug-likeness (QED) is 0.775. The van der Waals surface area contributed by atoms with Crippen LogP contribution in [-0.2, 0) is 4.79 Å². The van der Waals surface area contributed by atoms with Gasteiger partial charge in [0.2, 0.25) is 5.91 Å². The Balaban J connectivity index is 1.95. The molecule has 1 heterocycles. The number of carbonyl (C=O) groups is 1. The summed E-state index contributed by atoms with van der Waals surface area (Å²) in [5.74, 6) is 0.548. The number of aliphatic hydroxyl groups is 1. The maximum absolute atomic E-state index is 11.7. The van der Waals surface area contributed by atoms with Crippen LogP contribution < -0.4 is 5.32 Å². The zero-order chi connectivity index (χ0) is 14.5. The third-order valence-corrected chi connectivity index (χ3v) is 3.02. The normalized spacial score (nSPS) is 12.4. The zero-order valence-electron chi connectivity index (χ0n) is 11.5. The van der Waals surface area contributed by atoms with Crippen molar-refractivity contribution in [3.63, 3.8) is 0 Å². The number of rotatable bonds is 5. The number of carbonyl (C=O) groups excluding carboxylic acids is 1. The van der Waals surface area contributed by atoms with Gasteiger partial charge in [-0.15, -0.1) is 0 Å². The van der Waals surface area contributed by atoms with E-state index in [0.29, 0.717) is 11.5 Å². The maximum Gasteiger partial charge on any atom is 0.226 e. The van der Waals surface area contributed by atoms with Crippen molar-refractivity contribution < 1.29 is 9.90 Å². The second-order valence-corrected chi connectivity index (χ2v) is 4.98. The first-order valence-corrected chi connectivity index (χ1v) is 6.50. The number of nitrogens with zero attached hydrogens (tertiary/aromatic N) is 2. The number of hydrogen-bond acceptors (Lipinski definition) is 4. The monoisotopic (exact) mass is 274 g/mol. The van der Waals surface area contributed by atoms with Gasteiger partial charge in [-0.05, 0) is 30.2 Å². The summed E-state index contributed by atoms with van der Waals surface area (Å²) in [7, 11) is 0. The van der Waals surface area contributed by atoms with Gasteiger partial charge in [0.05, 0.1) is 12.5 Å². The molecule has 0 radical (unpaired) electrons. The van der Waals surface area contributed by atoms with Gasteiger partial charge >= 0.3 is 0 Å². The van der Waals surface area contributed by atoms with E-state index in [1.165, 1.54) is 6.33 Å². The van der Waals surface area contributed by atoms with Gasteiger partial charge in [-0.2, -0.15) is 5.10 Å². The highest BCUT2D eigenvalue weighted by Gasteiger charge is 2.14. The van der Waals surface area contributed by atoms with Gasteiger partial charge in [-0.1, -0.05) is 13.8 Å². The molecule has 106 valence electrons. The lowest BCUT2D eigenvalue weighted by molar-refractivity contribution is -0.118. The molecule has 1 atom stereocenters. The Kier molecular flexibility index (Phi) is 4.47. The number of nitrogens with one attached hydrogen (secondary N) is 2. The molecule has 1 amide bonds. The molecule has 2 rings (SSSR count). The van der Waals surface area contributed by atoms with Gasteiger partial charge in [0.25, 0.3) is 0 Å². The number of hydrogen-bond donors (Lipinski definition) is 3. The molecule has 0 aliphatic heterocycles. The predicted octanol–water partition coefficient (Wildman–Crippen LogP) is 1.82. The Hall–Kier alpha value is -2.21. The molecule has 0 spiro atoms. The number of H-pyrrole nitrogens is 1. The van der Waals surface area contributed by atoms with Crippen LogP contribution in [0, 0.1) is 5.92 Å². The lowest BCUT2D eigenvalue weighted by Gasteiger charge is -2.14. The lowest BCUT2D eigenvalue weighted by atomic mass is 10.0. The Bertz CT molecular complexity index is 549. The number of amides is 1. The van der Waals surface area contributed by atoms with E-state index in [1.54, 1.807) is 12.1 Å². The van der Waals surface area contributed by atoms with Crippen molar-refractivity contribution in [3.8, 4) is 11.4 Å². The van der Waals surface area contributed by atoms with E-state index in [2.05, 4.69) is 20.5 Å². The van der Waals surface area contributed by atoms with Crippen LogP contribution >= 0.6 is 0 Å². The number of benzene rings is 1. The molecule has 0 bridgehead atoms. The molecule has 0 saturated heterocycles. The summed E-state index contributed by atoms with van der Waals surface area (Å²) in [6.07, 6.45) is 0.920. The van der Waals surface area contributed by atoms with Gasteiger partial charge in [0.15, 0.2) is 5.82 Å². The maximum atomic E-state index is 11.7. The summed E-state index contributed by atoms with van der Waals surface area (Å²) >= 11 is 0. The first-order valence-electron chi connectivity index (χ1n) is 6.50. The van der Waals surface area contributed by atoms with Gasteiger partial charge in [-0.3, -0.25) is 9.89 Å². The standard InChI is InChI=1S/C14H18N4O2/c1-9(2)12(19)7-13(20)17-11-5-3-10(4-6-11)14-15-8-16-18-14/h3-6,8-9,12,19H,7H2,1-2H3,(H,17,20)(H,15,16,18). The molecule has 0 aliphatic rings. The second-order valence-electron chi connectivity index (χ2n) is 4.98. The van der Waals surface area contributed by atoms with Gasteiger partial charge in [0.1, 0.15) is 6.33 Å². The fourth-order valence-corrected chi connectivity index (χ4v) is 1.69. The van der Waals surface area contributed by atoms with Crippen LogP contribution in [0.3, 0.4) is 0 Å². The topological polar surface area (TPSA) is 90.9 Å². The summed E-state index contributed by atoms with van der Waals surface area (Å²) < 4.78 is 0. The molecule has 6 nitrogen and oxygen atoms in total. The number of aromatic nitrogens is 3. The van der Waals surface area contributed by atoms with E-state index in [1.807, 2.05) is 26.0 Å². The molecule has 6 heteroatoms. The minimum absolute atomic E-state index is 0.0644. The molecule has 1 aromatic carbocycles. The fraction of sp³-hybridized carbons (Fsp3) is 0.357. The molecule has 1 aromatic heterocycles. The zero-order valence-corrected chi connectivity index (χ0v) is 11.5. The first-order chi connectivity index (χ1) is 9.56. The Morgan fingerprint density at radius 3 is 2.60 bits per heavy atom. The number of aliphatic hydroxyl groups excluding tert-OH is 1. The highest BCUT2D eigenvalue weighted by atomic mass is 16.3. The second kappa shape index (κ2) is 6.29. The highest BCUT2D eigenvalue weighted by Crippen LogP contribution is 2.17. The van der Waals surface area contributed by atoms with Crippen molar-refractivity contribution in [2.45, 2.75) is 26.4 Å². The molecule has 1 unspecified atom stereocenters. The van der Waals surface area contributed by atoms with Crippen LogP contribution in [0.5, 0.6) is 0 Å². The number of anilines is 1. The van der Waals surface area contributed by atoms with Gasteiger partial charge in [0, 0.05) is 11.3 Å². The lowest BCUT2D eigenvalue weighted by Crippen LogP contribution is -2.23. The van der Waals surface area contributed by atoms with Crippen molar-refractivity contribution in [3.05, 3.63) is 30.6 Å². The van der Waals surface area contributed by atoms with Crippen molar-refractivity contribution in [2.75, 3.05) is 5.32 Å². The fourth-order valence-electron chi connectivity index (χ4n) is 1.69. The summed E-state index contributed by atoms with van der Waals surface area (Å²) in [6.45, 7) is 3.76. The number of aromatic amines is 1. The first kappa shape index (κ1) is 14.2. The molecular formula is C14H18N4O2. The van der Waals surface area contributed by atoms with Crippen molar-refractivity contribution in [1.29, 1.82) is 0 Å². The third-order valence-electron chi connectivity index (χ3n) is 3.02. The van der Waals surface area contributed by atoms with Crippen LogP contribution in [0.15, 0.2) is 30.6 Å². The van der Waals surface area contributed by atoms with E-state index < -0.39 is 6.10 Å². The Morgan fingerprint density at radius 1 is 1.35 bits per heavy atom. The van der Waals surface area contributed by atoms with Crippen LogP contribution in [-0.4, -0.2) is 32.3 Å². The Labute approximate surface area is 117 Å². The summed E-state index contributed by atoms with van der Waals surface area (Å²) in [5.41, 5.74) is 1.58. The highest BCUT2D eigenvalue weighted by molar-refractivity contribution is 5.91. The van der Waals surface area contributed by atoms with Crippen molar-refractivity contribution >= 4 is 11.6 Å². The molecule has 3 N–H and O–H groups in total. The minimum atomic E-state index is -0.622. The smallest absolute Gasteiger partial charge is 0.226 e. The van der Waals surface area contributed by atoms with E-state index in [9.17, 15) is 9.90 Å². The van der Waals surface area contributed by atoms with Crippen molar-refractivity contribution in [1.82, 2.24) is 15.2 Å². The summed E-state index contributed by atoms with van der Waals surface area (Å²) in [5, 5.41) is 19.0. The molecule has 20 heavy (non-hydrogen) atoms. The molecule has 2 aromatic rings. The summed E-state index contributed by atoms with van der Waals surface area (Å²) in [6, 6.07) is 7.26. The largest absolute Gasteiger partial charge is 0.392 e. The van der Waals surface area contributed by atoms with Gasteiger partial charge < -0.3 is 10.4 Å². The van der Waals surface area contributed by atoms with Crippen molar-refractivity contribution in [2.24, 2.45) is 5.92 Å². The van der Waals surface area contributed by atoms with Crippen LogP contribution in [0.1, 0.15) is 20.3 Å². The van der Waals surface area contributed by atoms with Crippen LogP contribution in [0.2, 0.25) is 0 Å². The SMILES string of the molecule is CC(C)C(O)CC(=O)Nc1ccc(-c2ncn[nH]2)cc1. The molecule has 0 aliphatic carbocycles. The van der Waals surface area contributed by atoms with Gasteiger partial charge in [-0.25, -0.2) is 4.98 Å². The van der Waals surface area contributed by atoms with E-state index >= 15 is 0 Å². The van der Waals surface area contributed by atoms with E-state index in [4.69, 9.17) is 0 Å². The molecule has 0 fully saturated rings. The summed E-state index contributed by atoms with van der Waals surface area (Å²) in [4.78, 5) is 15.8. The third kappa shape index (κ3) is 3.64. The predicted molar refractivity (Wildman–Crippen MR) is 75.9 cm³/mol. The Morgan fingerprint density at radius 2 is 2.05 bits per heavy atom. The average molecular weight is 274 g/mol. The molecular weight excluding hydrogens is 256 g/mol. The van der Waals surface area contributed by atoms with Crippen LogP contribution in [0.4, 0.5) is 5.69 Å². The van der Waals surface area contributed by atoms with Crippen LogP contribution in [0.25, 0.3) is 11.4 Å². The van der Waals surface area contributed by atoms with E-state index in [-0.39, 0.29) is 18.2 Å².